The molecule has 0 amide bonds. The number of hydrogen-bond donors (Lipinski definition) is 0. The Hall–Kier alpha value is -3.47. The molecule has 0 fully saturated rings. The maximum atomic E-state index is 11.9. The number of ether oxygens (including phenoxy) is 2. The van der Waals surface area contributed by atoms with E-state index in [-0.39, 0.29) is 18.8 Å². The van der Waals surface area contributed by atoms with Crippen LogP contribution >= 0.6 is 0 Å². The number of benzene rings is 2. The lowest BCUT2D eigenvalue weighted by molar-refractivity contribution is -0.141. The van der Waals surface area contributed by atoms with Crippen molar-refractivity contribution < 1.29 is 19.1 Å². The fourth-order valence-corrected chi connectivity index (χ4v) is 2.43. The minimum atomic E-state index is -0.449. The van der Waals surface area contributed by atoms with Crippen molar-refractivity contribution in [3.8, 4) is 5.75 Å². The molecule has 0 atom stereocenters. The number of pyridine rings is 1. The molecule has 136 valence electrons. The van der Waals surface area contributed by atoms with E-state index in [1.54, 1.807) is 12.1 Å². The Kier molecular flexibility index (Phi) is 6.30. The molecule has 0 N–H and O–H groups in total. The predicted molar refractivity (Wildman–Crippen MR) is 100 cm³/mol. The van der Waals surface area contributed by atoms with Gasteiger partial charge in [0.1, 0.15) is 12.4 Å². The first-order valence-electron chi connectivity index (χ1n) is 8.55. The molecular formula is C22H19NO4. The van der Waals surface area contributed by atoms with E-state index in [0.717, 1.165) is 16.9 Å². The van der Waals surface area contributed by atoms with Crippen LogP contribution in [0.15, 0.2) is 79.1 Å². The van der Waals surface area contributed by atoms with E-state index >= 15 is 0 Å². The highest BCUT2D eigenvalue weighted by atomic mass is 16.5. The van der Waals surface area contributed by atoms with Crippen molar-refractivity contribution in [2.75, 3.05) is 6.61 Å². The second-order valence-electron chi connectivity index (χ2n) is 5.91. The van der Waals surface area contributed by atoms with Gasteiger partial charge in [-0.1, -0.05) is 42.5 Å². The fraction of sp³-hybridized carbons (Fsp3) is 0.136. The first-order chi connectivity index (χ1) is 13.2. The molecule has 0 aliphatic carbocycles. The van der Waals surface area contributed by atoms with Gasteiger partial charge in [-0.25, -0.2) is 0 Å². The van der Waals surface area contributed by atoms with Crippen molar-refractivity contribution in [1.29, 1.82) is 0 Å². The summed E-state index contributed by atoms with van der Waals surface area (Å²) in [4.78, 5) is 27.7. The molecule has 0 bridgehead atoms. The molecule has 0 unspecified atom stereocenters. The summed E-state index contributed by atoms with van der Waals surface area (Å²) in [7, 11) is 0. The third-order valence-corrected chi connectivity index (χ3v) is 3.89. The highest BCUT2D eigenvalue weighted by Gasteiger charge is 2.10. The molecule has 3 rings (SSSR count). The molecular weight excluding hydrogens is 342 g/mol. The number of aromatic nitrogens is 1. The molecule has 2 aromatic carbocycles. The van der Waals surface area contributed by atoms with Crippen molar-refractivity contribution in [2.45, 2.75) is 13.0 Å². The Bertz CT molecular complexity index is 877. The molecule has 5 nitrogen and oxygen atoms in total. The summed E-state index contributed by atoms with van der Waals surface area (Å²) in [6, 6.07) is 20.3. The number of hydrogen-bond acceptors (Lipinski definition) is 5. The molecule has 0 aliphatic rings. The lowest BCUT2D eigenvalue weighted by Crippen LogP contribution is -2.15. The summed E-state index contributed by atoms with van der Waals surface area (Å²) >= 11 is 0. The van der Waals surface area contributed by atoms with Crippen LogP contribution in [-0.4, -0.2) is 23.3 Å². The van der Waals surface area contributed by atoms with Crippen LogP contribution in [0.25, 0.3) is 0 Å². The van der Waals surface area contributed by atoms with Crippen molar-refractivity contribution in [2.24, 2.45) is 0 Å². The number of carbonyl (C=O) groups is 2. The van der Waals surface area contributed by atoms with E-state index in [0.29, 0.717) is 12.2 Å². The summed E-state index contributed by atoms with van der Waals surface area (Å²) in [6.45, 7) is 0.209. The smallest absolute Gasteiger partial charge is 0.310 e. The zero-order chi connectivity index (χ0) is 18.9. The van der Waals surface area contributed by atoms with E-state index in [1.165, 1.54) is 12.4 Å². The molecule has 3 aromatic rings. The summed E-state index contributed by atoms with van der Waals surface area (Å²) in [5.41, 5.74) is 2.35. The van der Waals surface area contributed by atoms with E-state index in [9.17, 15) is 9.59 Å². The third-order valence-electron chi connectivity index (χ3n) is 3.89. The number of esters is 1. The lowest BCUT2D eigenvalue weighted by atomic mass is 10.1. The zero-order valence-corrected chi connectivity index (χ0v) is 14.7. The molecule has 5 heteroatoms. The second-order valence-corrected chi connectivity index (χ2v) is 5.91. The average molecular weight is 361 g/mol. The predicted octanol–water partition coefficient (Wildman–Crippen LogP) is 3.63. The first-order valence-corrected chi connectivity index (χ1v) is 8.55. The Morgan fingerprint density at radius 1 is 0.815 bits per heavy atom. The molecule has 0 aliphatic heterocycles. The van der Waals surface area contributed by atoms with E-state index in [2.05, 4.69) is 4.98 Å². The van der Waals surface area contributed by atoms with Crippen LogP contribution in [0.3, 0.4) is 0 Å². The van der Waals surface area contributed by atoms with Gasteiger partial charge in [-0.15, -0.1) is 0 Å². The molecule has 0 spiro atoms. The van der Waals surface area contributed by atoms with Gasteiger partial charge in [-0.2, -0.15) is 0 Å². The van der Waals surface area contributed by atoms with Crippen LogP contribution in [-0.2, 0) is 22.6 Å². The van der Waals surface area contributed by atoms with Crippen molar-refractivity contribution in [3.05, 3.63) is 95.8 Å². The Morgan fingerprint density at radius 3 is 2.22 bits per heavy atom. The maximum absolute atomic E-state index is 11.9. The van der Waals surface area contributed by atoms with Gasteiger partial charge in [0.2, 0.25) is 0 Å². The van der Waals surface area contributed by atoms with Crippen LogP contribution in [0.5, 0.6) is 5.75 Å². The van der Waals surface area contributed by atoms with Gasteiger partial charge < -0.3 is 9.47 Å². The summed E-state index contributed by atoms with van der Waals surface area (Å²) in [5.74, 6) is 0.0228. The van der Waals surface area contributed by atoms with E-state index in [1.807, 2.05) is 54.6 Å². The standard InChI is InChI=1S/C22H19NO4/c24-21(19-10-12-23-13-11-19)16-27-22(25)14-17-6-8-20(9-7-17)26-15-18-4-2-1-3-5-18/h1-13H,14-16H2. The zero-order valence-electron chi connectivity index (χ0n) is 14.7. The van der Waals surface area contributed by atoms with Gasteiger partial charge in [0.25, 0.3) is 0 Å². The van der Waals surface area contributed by atoms with Gasteiger partial charge in [-0.3, -0.25) is 14.6 Å². The van der Waals surface area contributed by atoms with E-state index < -0.39 is 5.97 Å². The SMILES string of the molecule is O=C(Cc1ccc(OCc2ccccc2)cc1)OCC(=O)c1ccncc1. The maximum Gasteiger partial charge on any atom is 0.310 e. The van der Waals surface area contributed by atoms with Crippen LogP contribution in [0, 0.1) is 0 Å². The number of ketones is 1. The molecule has 0 radical (unpaired) electrons. The topological polar surface area (TPSA) is 65.5 Å². The molecule has 0 saturated heterocycles. The van der Waals surface area contributed by atoms with Crippen LogP contribution < -0.4 is 4.74 Å². The highest BCUT2D eigenvalue weighted by Crippen LogP contribution is 2.15. The Morgan fingerprint density at radius 2 is 1.52 bits per heavy atom. The second kappa shape index (κ2) is 9.29. The summed E-state index contributed by atoms with van der Waals surface area (Å²) < 4.78 is 10.8. The van der Waals surface area contributed by atoms with Gasteiger partial charge in [0, 0.05) is 18.0 Å². The monoisotopic (exact) mass is 361 g/mol. The van der Waals surface area contributed by atoms with Crippen LogP contribution in [0.1, 0.15) is 21.5 Å². The number of rotatable bonds is 8. The minimum Gasteiger partial charge on any atom is -0.489 e. The normalized spacial score (nSPS) is 10.2. The fourth-order valence-electron chi connectivity index (χ4n) is 2.43. The highest BCUT2D eigenvalue weighted by molar-refractivity contribution is 5.97. The first kappa shape index (κ1) is 18.3. The largest absolute Gasteiger partial charge is 0.489 e. The Labute approximate surface area is 157 Å². The quantitative estimate of drug-likeness (QED) is 0.453. The number of Topliss-reactive ketones (excluding diaryl/α,β-unsaturated/α-hetero) is 1. The molecule has 1 heterocycles. The average Bonchev–Trinajstić information content (AvgIpc) is 2.73. The van der Waals surface area contributed by atoms with Gasteiger partial charge in [0.05, 0.1) is 6.42 Å². The number of nitrogens with zero attached hydrogens (tertiary/aromatic N) is 1. The van der Waals surface area contributed by atoms with Gasteiger partial charge >= 0.3 is 5.97 Å². The Balaban J connectivity index is 1.45. The van der Waals surface area contributed by atoms with Crippen molar-refractivity contribution in [1.82, 2.24) is 4.98 Å². The van der Waals surface area contributed by atoms with Crippen LogP contribution in [0.2, 0.25) is 0 Å². The number of carbonyl (C=O) groups excluding carboxylic acids is 2. The van der Waals surface area contributed by atoms with Gasteiger partial charge in [-0.05, 0) is 35.4 Å². The van der Waals surface area contributed by atoms with Gasteiger partial charge in [0.15, 0.2) is 12.4 Å². The molecule has 1 aromatic heterocycles. The molecule has 0 saturated carbocycles. The molecule has 27 heavy (non-hydrogen) atoms. The van der Waals surface area contributed by atoms with Crippen LogP contribution in [0.4, 0.5) is 0 Å². The third kappa shape index (κ3) is 5.78. The van der Waals surface area contributed by atoms with Crippen molar-refractivity contribution in [3.63, 3.8) is 0 Å². The minimum absolute atomic E-state index is 0.0998. The summed E-state index contributed by atoms with van der Waals surface area (Å²) in [5, 5.41) is 0. The lowest BCUT2D eigenvalue weighted by Gasteiger charge is -2.08. The van der Waals surface area contributed by atoms with Crippen molar-refractivity contribution >= 4 is 11.8 Å². The van der Waals surface area contributed by atoms with E-state index in [4.69, 9.17) is 9.47 Å². The summed E-state index contributed by atoms with van der Waals surface area (Å²) in [6.07, 6.45) is 3.15.